The fourth-order valence-corrected chi connectivity index (χ4v) is 4.47. The highest BCUT2D eigenvalue weighted by molar-refractivity contribution is 7.89. The second-order valence-electron chi connectivity index (χ2n) is 4.80. The molecule has 0 radical (unpaired) electrons. The topological polar surface area (TPSA) is 63.2 Å². The lowest BCUT2D eigenvalue weighted by molar-refractivity contribution is 0.424. The van der Waals surface area contributed by atoms with Gasteiger partial charge in [-0.25, -0.2) is 8.42 Å². The summed E-state index contributed by atoms with van der Waals surface area (Å²) >= 11 is 1.02. The van der Waals surface area contributed by atoms with Crippen molar-refractivity contribution in [1.29, 1.82) is 0 Å². The maximum atomic E-state index is 12.9. The fourth-order valence-electron chi connectivity index (χ4n) is 2.28. The molecule has 3 aromatic rings. The second kappa shape index (κ2) is 6.12. The monoisotopic (exact) mass is 333 g/mol. The Kier molecular flexibility index (Phi) is 4.19. The summed E-state index contributed by atoms with van der Waals surface area (Å²) in [5.74, 6) is 0. The Balaban J connectivity index is 2.02. The normalized spacial score (nSPS) is 12.1. The molecule has 2 aromatic carbocycles. The van der Waals surface area contributed by atoms with Crippen molar-refractivity contribution >= 4 is 32.8 Å². The van der Waals surface area contributed by atoms with E-state index in [-0.39, 0.29) is 4.90 Å². The molecule has 1 heterocycles. The minimum absolute atomic E-state index is 0.219. The lowest BCUT2D eigenvalue weighted by atomic mass is 10.2. The molecule has 0 aliphatic rings. The number of sulfonamides is 1. The van der Waals surface area contributed by atoms with Crippen molar-refractivity contribution in [3.8, 4) is 0 Å². The van der Waals surface area contributed by atoms with Crippen molar-refractivity contribution in [2.45, 2.75) is 18.4 Å². The first-order chi connectivity index (χ1) is 10.6. The highest BCUT2D eigenvalue weighted by Gasteiger charge is 2.26. The van der Waals surface area contributed by atoms with E-state index in [0.717, 1.165) is 17.3 Å². The van der Waals surface area contributed by atoms with Crippen LogP contribution in [-0.2, 0) is 16.6 Å². The van der Waals surface area contributed by atoms with Crippen LogP contribution in [0.2, 0.25) is 0 Å². The highest BCUT2D eigenvalue weighted by atomic mass is 32.2. The number of rotatable bonds is 5. The van der Waals surface area contributed by atoms with E-state index in [4.69, 9.17) is 0 Å². The van der Waals surface area contributed by atoms with Crippen LogP contribution in [-0.4, -0.2) is 28.0 Å². The third-order valence-electron chi connectivity index (χ3n) is 3.42. The smallest absolute Gasteiger partial charge is 0.207 e. The largest absolute Gasteiger partial charge is 0.245 e. The number of nitrogens with zero attached hydrogens (tertiary/aromatic N) is 3. The molecule has 0 N–H and O–H groups in total. The van der Waals surface area contributed by atoms with Crippen LogP contribution in [0.15, 0.2) is 53.4 Å². The molecule has 3 rings (SSSR count). The average molecular weight is 333 g/mol. The Bertz CT molecular complexity index is 876. The van der Waals surface area contributed by atoms with Crippen molar-refractivity contribution < 1.29 is 8.42 Å². The van der Waals surface area contributed by atoms with Crippen LogP contribution >= 0.6 is 11.7 Å². The first-order valence-corrected chi connectivity index (χ1v) is 9.05. The summed E-state index contributed by atoms with van der Waals surface area (Å²) in [5.41, 5.74) is 2.01. The molecule has 5 nitrogen and oxygen atoms in total. The Morgan fingerprint density at radius 2 is 1.82 bits per heavy atom. The average Bonchev–Trinajstić information content (AvgIpc) is 3.01. The van der Waals surface area contributed by atoms with E-state index in [9.17, 15) is 8.42 Å². The summed E-state index contributed by atoms with van der Waals surface area (Å²) in [6.45, 7) is 2.57. The van der Waals surface area contributed by atoms with Crippen molar-refractivity contribution in [1.82, 2.24) is 13.1 Å². The molecule has 0 aliphatic heterocycles. The minimum Gasteiger partial charge on any atom is -0.207 e. The zero-order valence-corrected chi connectivity index (χ0v) is 13.6. The molecular weight excluding hydrogens is 318 g/mol. The molecule has 0 aliphatic carbocycles. The molecule has 0 saturated heterocycles. The van der Waals surface area contributed by atoms with Gasteiger partial charge >= 0.3 is 0 Å². The van der Waals surface area contributed by atoms with Gasteiger partial charge in [-0.15, -0.1) is 0 Å². The molecular formula is C15H15N3O2S2. The van der Waals surface area contributed by atoms with E-state index >= 15 is 0 Å². The van der Waals surface area contributed by atoms with Crippen LogP contribution in [0.4, 0.5) is 0 Å². The summed E-state index contributed by atoms with van der Waals surface area (Å²) in [5, 5.41) is 0. The van der Waals surface area contributed by atoms with Gasteiger partial charge in [0.25, 0.3) is 0 Å². The SMILES string of the molecule is CCN(Cc1ccccc1)S(=O)(=O)c1cccc2nsnc12. The number of hydrogen-bond acceptors (Lipinski definition) is 5. The summed E-state index contributed by atoms with van der Waals surface area (Å²) in [6, 6.07) is 14.6. The first kappa shape index (κ1) is 15.1. The lowest BCUT2D eigenvalue weighted by Crippen LogP contribution is -2.30. The van der Waals surface area contributed by atoms with Crippen LogP contribution in [0.25, 0.3) is 11.0 Å². The summed E-state index contributed by atoms with van der Waals surface area (Å²) in [4.78, 5) is 0.219. The number of hydrogen-bond donors (Lipinski definition) is 0. The Labute approximate surface area is 133 Å². The van der Waals surface area contributed by atoms with E-state index in [1.54, 1.807) is 18.2 Å². The minimum atomic E-state index is -3.61. The van der Waals surface area contributed by atoms with Crippen LogP contribution < -0.4 is 0 Å². The zero-order valence-electron chi connectivity index (χ0n) is 12.0. The molecule has 0 amide bonds. The second-order valence-corrected chi connectivity index (χ2v) is 7.24. The van der Waals surface area contributed by atoms with Crippen LogP contribution in [0, 0.1) is 0 Å². The first-order valence-electron chi connectivity index (χ1n) is 6.88. The molecule has 0 saturated carbocycles. The lowest BCUT2D eigenvalue weighted by Gasteiger charge is -2.20. The molecule has 0 spiro atoms. The number of fused-ring (bicyclic) bond motifs is 1. The van der Waals surface area contributed by atoms with Gasteiger partial charge in [-0.05, 0) is 17.7 Å². The van der Waals surface area contributed by atoms with E-state index in [1.165, 1.54) is 4.31 Å². The van der Waals surface area contributed by atoms with Gasteiger partial charge < -0.3 is 0 Å². The van der Waals surface area contributed by atoms with Gasteiger partial charge in [-0.2, -0.15) is 13.1 Å². The van der Waals surface area contributed by atoms with Crippen molar-refractivity contribution in [3.63, 3.8) is 0 Å². The maximum Gasteiger partial charge on any atom is 0.245 e. The predicted octanol–water partition coefficient (Wildman–Crippen LogP) is 2.90. The molecule has 0 bridgehead atoms. The van der Waals surface area contributed by atoms with Gasteiger partial charge in [0.2, 0.25) is 10.0 Å². The van der Waals surface area contributed by atoms with Crippen molar-refractivity contribution in [3.05, 3.63) is 54.1 Å². The molecule has 0 unspecified atom stereocenters. The van der Waals surface area contributed by atoms with Crippen LogP contribution in [0.3, 0.4) is 0 Å². The molecule has 0 atom stereocenters. The van der Waals surface area contributed by atoms with Crippen LogP contribution in [0.1, 0.15) is 12.5 Å². The molecule has 7 heteroatoms. The predicted molar refractivity (Wildman–Crippen MR) is 87.1 cm³/mol. The number of aromatic nitrogens is 2. The Hall–Kier alpha value is -1.83. The van der Waals surface area contributed by atoms with E-state index in [2.05, 4.69) is 8.75 Å². The molecule has 114 valence electrons. The van der Waals surface area contributed by atoms with Gasteiger partial charge in [0.15, 0.2) is 0 Å². The van der Waals surface area contributed by atoms with Gasteiger partial charge in [-0.3, -0.25) is 0 Å². The number of benzene rings is 2. The third-order valence-corrected chi connectivity index (χ3v) is 5.92. The van der Waals surface area contributed by atoms with E-state index in [0.29, 0.717) is 24.1 Å². The van der Waals surface area contributed by atoms with Gasteiger partial charge in [0, 0.05) is 13.1 Å². The summed E-state index contributed by atoms with van der Waals surface area (Å²) < 4.78 is 35.6. The molecule has 1 aromatic heterocycles. The van der Waals surface area contributed by atoms with Gasteiger partial charge in [-0.1, -0.05) is 43.3 Å². The van der Waals surface area contributed by atoms with Gasteiger partial charge in [0.05, 0.1) is 11.7 Å². The molecule has 0 fully saturated rings. The third kappa shape index (κ3) is 2.75. The summed E-state index contributed by atoms with van der Waals surface area (Å²) in [7, 11) is -3.61. The quantitative estimate of drug-likeness (QED) is 0.720. The van der Waals surface area contributed by atoms with E-state index in [1.807, 2.05) is 37.3 Å². The zero-order chi connectivity index (χ0) is 15.6. The van der Waals surface area contributed by atoms with Crippen molar-refractivity contribution in [2.24, 2.45) is 0 Å². The highest BCUT2D eigenvalue weighted by Crippen LogP contribution is 2.25. The van der Waals surface area contributed by atoms with Crippen molar-refractivity contribution in [2.75, 3.05) is 6.54 Å². The van der Waals surface area contributed by atoms with E-state index < -0.39 is 10.0 Å². The fraction of sp³-hybridized carbons (Fsp3) is 0.200. The molecule has 22 heavy (non-hydrogen) atoms. The Morgan fingerprint density at radius 3 is 2.55 bits per heavy atom. The maximum absolute atomic E-state index is 12.9. The Morgan fingerprint density at radius 1 is 1.05 bits per heavy atom. The van der Waals surface area contributed by atoms with Gasteiger partial charge in [0.1, 0.15) is 15.9 Å². The van der Waals surface area contributed by atoms with Crippen LogP contribution in [0.5, 0.6) is 0 Å². The standard InChI is InChI=1S/C15H15N3O2S2/c1-2-18(11-12-7-4-3-5-8-12)22(19,20)14-10-6-9-13-15(14)17-21-16-13/h3-10H,2,11H2,1H3. The summed E-state index contributed by atoms with van der Waals surface area (Å²) in [6.07, 6.45) is 0.